The Morgan fingerprint density at radius 2 is 1.77 bits per heavy atom. The Morgan fingerprint density at radius 1 is 0.957 bits per heavy atom. The molecule has 9 atom stereocenters. The van der Waals surface area contributed by atoms with E-state index in [-0.39, 0.29) is 35.7 Å². The van der Waals surface area contributed by atoms with Crippen LogP contribution >= 0.6 is 0 Å². The summed E-state index contributed by atoms with van der Waals surface area (Å²) in [5.41, 5.74) is 10.4. The van der Waals surface area contributed by atoms with Gasteiger partial charge in [-0.1, -0.05) is 42.0 Å². The van der Waals surface area contributed by atoms with E-state index in [9.17, 15) is 9.59 Å². The van der Waals surface area contributed by atoms with Crippen LogP contribution in [-0.2, 0) is 27.2 Å². The summed E-state index contributed by atoms with van der Waals surface area (Å²) in [4.78, 5) is 39.3. The van der Waals surface area contributed by atoms with Crippen molar-refractivity contribution in [2.45, 2.75) is 69.9 Å². The van der Waals surface area contributed by atoms with Crippen molar-refractivity contribution in [3.05, 3.63) is 82.2 Å². The monoisotopic (exact) mass is 630 g/mol. The summed E-state index contributed by atoms with van der Waals surface area (Å²) >= 11 is 0. The molecule has 2 aliphatic carbocycles. The number of piperidine rings is 3. The molecule has 47 heavy (non-hydrogen) atoms. The van der Waals surface area contributed by atoms with E-state index in [1.807, 2.05) is 0 Å². The molecule has 7 heteroatoms. The number of hydrogen-bond acceptors (Lipinski definition) is 5. The predicted octanol–water partition coefficient (Wildman–Crippen LogP) is 6.33. The molecule has 3 saturated heterocycles. The Labute approximate surface area is 276 Å². The van der Waals surface area contributed by atoms with Crippen molar-refractivity contribution in [2.75, 3.05) is 33.8 Å². The van der Waals surface area contributed by atoms with Gasteiger partial charge >= 0.3 is 5.97 Å². The average molecular weight is 631 g/mol. The second kappa shape index (κ2) is 10.9. The number of ketones is 1. The largest absolute Gasteiger partial charge is 0.469 e. The van der Waals surface area contributed by atoms with Crippen LogP contribution in [0.5, 0.6) is 0 Å². The lowest BCUT2D eigenvalue weighted by Gasteiger charge is -2.52. The van der Waals surface area contributed by atoms with Gasteiger partial charge in [0.1, 0.15) is 5.78 Å². The number of esters is 1. The predicted molar refractivity (Wildman–Crippen MR) is 185 cm³/mol. The average Bonchev–Trinajstić information content (AvgIpc) is 3.60. The molecule has 244 valence electrons. The highest BCUT2D eigenvalue weighted by atomic mass is 16.5. The standard InChI is InChI=1S/C40H46N4O3/c1-5-23-20-43(3)35-18-31-25-8-6-7-9-33(25)41-38(31)30(17-29(23)36(35)40(46)47-4)24-10-11-26-27-12-13-44-19-22-14-28(21(2)45)39(44)32(15-22)37(27)42-34(26)16-24/h5-11,16,22,28-30,32,35-36,39,41-42H,12-15,17-20H2,1-4H3/b23-5+/t22-,28-,29+,30+,32+,35+,36+,39+/m1/s1. The van der Waals surface area contributed by atoms with Crippen molar-refractivity contribution in [3.63, 3.8) is 0 Å². The van der Waals surface area contributed by atoms with E-state index in [1.165, 1.54) is 56.4 Å². The molecule has 10 rings (SSSR count). The molecule has 1 saturated carbocycles. The molecular formula is C40H46N4O3. The molecule has 0 amide bonds. The fourth-order valence-corrected chi connectivity index (χ4v) is 11.0. The normalized spacial score (nSPS) is 34.0. The van der Waals surface area contributed by atoms with Crippen LogP contribution in [0.25, 0.3) is 21.8 Å². The summed E-state index contributed by atoms with van der Waals surface area (Å²) in [6, 6.07) is 16.2. The number of carbonyl (C=O) groups is 2. The molecule has 2 aromatic heterocycles. The number of methoxy groups -OCH3 is 1. The molecule has 6 aliphatic rings. The van der Waals surface area contributed by atoms with Gasteiger partial charge in [0.25, 0.3) is 0 Å². The fourth-order valence-electron chi connectivity index (χ4n) is 11.0. The topological polar surface area (TPSA) is 81.4 Å². The van der Waals surface area contributed by atoms with Crippen molar-refractivity contribution >= 4 is 33.6 Å². The van der Waals surface area contributed by atoms with Gasteiger partial charge in [-0.2, -0.15) is 0 Å². The minimum absolute atomic E-state index is 0.0702. The molecule has 0 spiro atoms. The van der Waals surface area contributed by atoms with Gasteiger partial charge < -0.3 is 14.7 Å². The molecule has 6 heterocycles. The molecular weight excluding hydrogens is 584 g/mol. The maximum atomic E-state index is 13.6. The molecule has 0 radical (unpaired) electrons. The van der Waals surface area contributed by atoms with Gasteiger partial charge in [0.15, 0.2) is 0 Å². The highest BCUT2D eigenvalue weighted by Crippen LogP contribution is 2.52. The SMILES string of the molecule is C/C=C1\CN(C)[C@H]2Cc3c([nH]c4ccccc34)[C@H](c3ccc4c5c([nH]c4c3)[C@@H]3C[C@H]4C[C@H](C(C)=O)[C@@H]3N(CC5)C4)C[C@@H]1[C@@H]2C(=O)OC. The first-order valence-electron chi connectivity index (χ1n) is 17.8. The lowest BCUT2D eigenvalue weighted by atomic mass is 9.65. The van der Waals surface area contributed by atoms with Crippen molar-refractivity contribution in [3.8, 4) is 0 Å². The highest BCUT2D eigenvalue weighted by Gasteiger charge is 2.51. The van der Waals surface area contributed by atoms with Crippen LogP contribution in [0.4, 0.5) is 0 Å². The van der Waals surface area contributed by atoms with Gasteiger partial charge in [0, 0.05) is 82.7 Å². The van der Waals surface area contributed by atoms with Gasteiger partial charge in [0.2, 0.25) is 0 Å². The zero-order valence-corrected chi connectivity index (χ0v) is 28.0. The van der Waals surface area contributed by atoms with Crippen LogP contribution in [-0.4, -0.2) is 77.4 Å². The number of likely N-dealkylation sites (tertiary alicyclic amines) is 1. The van der Waals surface area contributed by atoms with E-state index in [4.69, 9.17) is 4.74 Å². The number of hydrogen-bond donors (Lipinski definition) is 2. The molecule has 6 bridgehead atoms. The molecule has 2 N–H and O–H groups in total. The van der Waals surface area contributed by atoms with E-state index >= 15 is 0 Å². The Balaban J connectivity index is 1.19. The fraction of sp³-hybridized carbons (Fsp3) is 0.500. The number of carbonyl (C=O) groups excluding carboxylic acids is 2. The summed E-state index contributed by atoms with van der Waals surface area (Å²) in [5.74, 6) is 1.37. The number of fused-ring (bicyclic) bond motifs is 9. The third kappa shape index (κ3) is 4.38. The maximum absolute atomic E-state index is 13.6. The molecule has 4 aromatic rings. The molecule has 1 unspecified atom stereocenters. The number of aromatic nitrogens is 2. The summed E-state index contributed by atoms with van der Waals surface area (Å²) < 4.78 is 5.52. The number of rotatable bonds is 3. The minimum atomic E-state index is -0.224. The minimum Gasteiger partial charge on any atom is -0.469 e. The number of ether oxygens (including phenoxy) is 1. The van der Waals surface area contributed by atoms with Gasteiger partial charge in [-0.3, -0.25) is 19.4 Å². The third-order valence-corrected chi connectivity index (χ3v) is 13.1. The first-order valence-corrected chi connectivity index (χ1v) is 17.8. The van der Waals surface area contributed by atoms with Crippen LogP contribution in [0.1, 0.15) is 73.0 Å². The molecule has 7 nitrogen and oxygen atoms in total. The van der Waals surface area contributed by atoms with Crippen LogP contribution in [0.2, 0.25) is 0 Å². The molecule has 2 aromatic carbocycles. The molecule has 4 aliphatic heterocycles. The number of allylic oxidation sites excluding steroid dienone is 1. The number of nitrogens with zero attached hydrogens (tertiary/aromatic N) is 2. The number of likely N-dealkylation sites (N-methyl/N-ethyl adjacent to an activating group) is 1. The van der Waals surface area contributed by atoms with Crippen LogP contribution in [0, 0.1) is 23.7 Å². The smallest absolute Gasteiger partial charge is 0.310 e. The summed E-state index contributed by atoms with van der Waals surface area (Å²) in [6.45, 7) is 6.97. The quantitative estimate of drug-likeness (QED) is 0.204. The number of para-hydroxylation sites is 1. The van der Waals surface area contributed by atoms with Crippen LogP contribution in [0.3, 0.4) is 0 Å². The van der Waals surface area contributed by atoms with E-state index < -0.39 is 0 Å². The molecule has 4 fully saturated rings. The van der Waals surface area contributed by atoms with E-state index in [0.29, 0.717) is 23.7 Å². The van der Waals surface area contributed by atoms with Gasteiger partial charge in [-0.25, -0.2) is 0 Å². The number of benzene rings is 2. The Kier molecular flexibility index (Phi) is 6.85. The highest BCUT2D eigenvalue weighted by molar-refractivity contribution is 5.88. The van der Waals surface area contributed by atoms with Crippen molar-refractivity contribution in [1.29, 1.82) is 0 Å². The summed E-state index contributed by atoms with van der Waals surface area (Å²) in [6.07, 6.45) is 7.14. The first kappa shape index (κ1) is 29.5. The summed E-state index contributed by atoms with van der Waals surface area (Å²) in [7, 11) is 3.70. The third-order valence-electron chi connectivity index (χ3n) is 13.1. The number of nitrogens with one attached hydrogen (secondary N) is 2. The lowest BCUT2D eigenvalue weighted by Crippen LogP contribution is -2.57. The Hall–Kier alpha value is -3.68. The van der Waals surface area contributed by atoms with E-state index in [1.54, 1.807) is 14.0 Å². The van der Waals surface area contributed by atoms with Crippen molar-refractivity contribution in [2.24, 2.45) is 23.7 Å². The number of H-pyrrole nitrogens is 2. The second-order valence-corrected chi connectivity index (χ2v) is 15.3. The van der Waals surface area contributed by atoms with Gasteiger partial charge in [-0.05, 0) is 93.7 Å². The van der Waals surface area contributed by atoms with E-state index in [0.717, 1.165) is 50.8 Å². The summed E-state index contributed by atoms with van der Waals surface area (Å²) in [5, 5.41) is 2.58. The Morgan fingerprint density at radius 3 is 2.57 bits per heavy atom. The van der Waals surface area contributed by atoms with Gasteiger partial charge in [-0.15, -0.1) is 0 Å². The van der Waals surface area contributed by atoms with Crippen molar-refractivity contribution in [1.82, 2.24) is 19.8 Å². The Bertz CT molecular complexity index is 1950. The maximum Gasteiger partial charge on any atom is 0.310 e. The number of Topliss-reactive ketones (excluding diaryl/α,β-unsaturated/α-hetero) is 1. The second-order valence-electron chi connectivity index (χ2n) is 15.3. The van der Waals surface area contributed by atoms with Crippen LogP contribution in [0.15, 0.2) is 54.1 Å². The number of aromatic amines is 2. The van der Waals surface area contributed by atoms with Crippen LogP contribution < -0.4 is 0 Å². The van der Waals surface area contributed by atoms with Crippen molar-refractivity contribution < 1.29 is 14.3 Å². The van der Waals surface area contributed by atoms with E-state index in [2.05, 4.69) is 82.3 Å². The lowest BCUT2D eigenvalue weighted by molar-refractivity contribution is -0.151. The van der Waals surface area contributed by atoms with Gasteiger partial charge in [0.05, 0.1) is 13.0 Å². The first-order chi connectivity index (χ1) is 22.8. The zero-order chi connectivity index (χ0) is 32.1. The zero-order valence-electron chi connectivity index (χ0n) is 28.0.